The van der Waals surface area contributed by atoms with E-state index in [1.54, 1.807) is 24.3 Å². The van der Waals surface area contributed by atoms with Crippen LogP contribution in [-0.4, -0.2) is 27.8 Å². The molecule has 1 atom stereocenters. The van der Waals surface area contributed by atoms with Crippen LogP contribution in [0.25, 0.3) is 22.0 Å². The van der Waals surface area contributed by atoms with Gasteiger partial charge < -0.3 is 20.3 Å². The van der Waals surface area contributed by atoms with Gasteiger partial charge in [0.15, 0.2) is 10.7 Å². The number of hydrogen-bond donors (Lipinski definition) is 3. The molecule has 1 aromatic heterocycles. The Labute approximate surface area is 187 Å². The van der Waals surface area contributed by atoms with E-state index in [0.717, 1.165) is 21.9 Å². The molecule has 0 aliphatic heterocycles. The normalized spacial score (nSPS) is 11.9. The first-order valence-corrected chi connectivity index (χ1v) is 10.9. The van der Waals surface area contributed by atoms with E-state index in [9.17, 15) is 9.35 Å². The Hall–Kier alpha value is -3.66. The molecule has 0 saturated heterocycles. The number of primary amides is 1. The Bertz CT molecular complexity index is 1330. The van der Waals surface area contributed by atoms with E-state index in [0.29, 0.717) is 27.8 Å². The summed E-state index contributed by atoms with van der Waals surface area (Å²) in [5.41, 5.74) is 8.59. The Kier molecular flexibility index (Phi) is 5.95. The van der Waals surface area contributed by atoms with Crippen molar-refractivity contribution >= 4 is 39.5 Å². The van der Waals surface area contributed by atoms with E-state index >= 15 is 0 Å². The van der Waals surface area contributed by atoms with Crippen LogP contribution in [0.1, 0.15) is 15.9 Å². The molecular weight excluding hydrogens is 426 g/mol. The molecule has 3 aromatic carbocycles. The maximum atomic E-state index is 11.9. The Balaban J connectivity index is 1.80. The van der Waals surface area contributed by atoms with Crippen LogP contribution in [0.3, 0.4) is 0 Å². The Morgan fingerprint density at radius 3 is 2.50 bits per heavy atom. The topological polar surface area (TPSA) is 139 Å². The summed E-state index contributed by atoms with van der Waals surface area (Å²) >= 11 is -1.61. The number of hydrogen-bond acceptors (Lipinski definition) is 7. The lowest BCUT2D eigenvalue weighted by Crippen LogP contribution is -2.13. The number of rotatable bonds is 6. The fourth-order valence-electron chi connectivity index (χ4n) is 3.49. The van der Waals surface area contributed by atoms with E-state index in [4.69, 9.17) is 15.6 Å². The third-order valence-electron chi connectivity index (χ3n) is 5.09. The number of aromatic nitrogens is 2. The molecule has 32 heavy (non-hydrogen) atoms. The predicted octanol–water partition coefficient (Wildman–Crippen LogP) is 3.44. The SMILES string of the molecule is COc1ccc(Nc2nnc(-c3ccc(C)c([S+](N)[O-])c3)c3ccccc23)cc1C(N)=O. The first-order chi connectivity index (χ1) is 15.4. The number of nitrogens with zero attached hydrogens (tertiary/aromatic N) is 2. The number of anilines is 2. The number of fused-ring (bicyclic) bond motifs is 1. The van der Waals surface area contributed by atoms with Crippen LogP contribution < -0.4 is 20.9 Å². The number of amides is 1. The molecule has 0 radical (unpaired) electrons. The second-order valence-electron chi connectivity index (χ2n) is 7.12. The summed E-state index contributed by atoms with van der Waals surface area (Å²) < 4.78 is 17.1. The van der Waals surface area contributed by atoms with Gasteiger partial charge in [-0.25, -0.2) is 0 Å². The van der Waals surface area contributed by atoms with E-state index in [1.807, 2.05) is 43.3 Å². The van der Waals surface area contributed by atoms with Crippen molar-refractivity contribution in [3.63, 3.8) is 0 Å². The molecular formula is C23H21N5O3S. The Morgan fingerprint density at radius 1 is 1.06 bits per heavy atom. The van der Waals surface area contributed by atoms with Gasteiger partial charge in [0.1, 0.15) is 11.4 Å². The van der Waals surface area contributed by atoms with Crippen molar-refractivity contribution in [2.75, 3.05) is 12.4 Å². The summed E-state index contributed by atoms with van der Waals surface area (Å²) in [4.78, 5) is 12.3. The van der Waals surface area contributed by atoms with Gasteiger partial charge in [0.05, 0.1) is 24.0 Å². The van der Waals surface area contributed by atoms with E-state index < -0.39 is 17.3 Å². The number of nitrogens with one attached hydrogen (secondary N) is 1. The molecule has 1 amide bonds. The van der Waals surface area contributed by atoms with Crippen LogP contribution in [0.4, 0.5) is 11.5 Å². The van der Waals surface area contributed by atoms with Gasteiger partial charge in [-0.05, 0) is 25.1 Å². The molecule has 1 heterocycles. The van der Waals surface area contributed by atoms with Crippen LogP contribution in [0.15, 0.2) is 65.6 Å². The average molecular weight is 448 g/mol. The van der Waals surface area contributed by atoms with Gasteiger partial charge in [-0.15, -0.1) is 15.3 Å². The molecule has 0 saturated carbocycles. The number of carbonyl (C=O) groups is 1. The zero-order valence-electron chi connectivity index (χ0n) is 17.5. The van der Waals surface area contributed by atoms with E-state index in [1.165, 1.54) is 7.11 Å². The lowest BCUT2D eigenvalue weighted by atomic mass is 10.0. The summed E-state index contributed by atoms with van der Waals surface area (Å²) in [6, 6.07) is 18.2. The molecule has 0 bridgehead atoms. The summed E-state index contributed by atoms with van der Waals surface area (Å²) in [5, 5.41) is 19.3. The lowest BCUT2D eigenvalue weighted by molar-refractivity contribution is 0.0997. The summed E-state index contributed by atoms with van der Waals surface area (Å²) in [6.45, 7) is 1.86. The highest BCUT2D eigenvalue weighted by Crippen LogP contribution is 2.33. The fourth-order valence-corrected chi connectivity index (χ4v) is 4.12. The molecule has 5 N–H and O–H groups in total. The smallest absolute Gasteiger partial charge is 0.252 e. The van der Waals surface area contributed by atoms with Gasteiger partial charge in [0, 0.05) is 33.7 Å². The number of benzene rings is 3. The highest BCUT2D eigenvalue weighted by Gasteiger charge is 2.17. The van der Waals surface area contributed by atoms with Crippen molar-refractivity contribution in [1.82, 2.24) is 10.2 Å². The van der Waals surface area contributed by atoms with Crippen LogP contribution in [0.5, 0.6) is 5.75 Å². The van der Waals surface area contributed by atoms with Crippen LogP contribution in [0.2, 0.25) is 0 Å². The Morgan fingerprint density at radius 2 is 1.81 bits per heavy atom. The van der Waals surface area contributed by atoms with Gasteiger partial charge in [-0.3, -0.25) is 4.79 Å². The number of ether oxygens (including phenoxy) is 1. The molecule has 1 unspecified atom stereocenters. The lowest BCUT2D eigenvalue weighted by Gasteiger charge is -2.13. The van der Waals surface area contributed by atoms with E-state index in [-0.39, 0.29) is 5.56 Å². The zero-order chi connectivity index (χ0) is 22.8. The summed E-state index contributed by atoms with van der Waals surface area (Å²) in [5.74, 6) is 0.311. The quantitative estimate of drug-likeness (QED) is 0.385. The number of methoxy groups -OCH3 is 1. The number of carbonyl (C=O) groups excluding carboxylic acids is 1. The highest BCUT2D eigenvalue weighted by atomic mass is 32.2. The summed E-state index contributed by atoms with van der Waals surface area (Å²) in [6.07, 6.45) is 0. The molecule has 0 aliphatic carbocycles. The third kappa shape index (κ3) is 4.09. The third-order valence-corrected chi connectivity index (χ3v) is 5.97. The van der Waals surface area contributed by atoms with Gasteiger partial charge in [-0.2, -0.15) is 0 Å². The molecule has 9 heteroatoms. The zero-order valence-corrected chi connectivity index (χ0v) is 18.3. The van der Waals surface area contributed by atoms with E-state index in [2.05, 4.69) is 15.5 Å². The fraction of sp³-hybridized carbons (Fsp3) is 0.0870. The highest BCUT2D eigenvalue weighted by molar-refractivity contribution is 7.89. The van der Waals surface area contributed by atoms with Gasteiger partial charge in [-0.1, -0.05) is 36.4 Å². The van der Waals surface area contributed by atoms with Crippen molar-refractivity contribution in [3.05, 3.63) is 71.8 Å². The van der Waals surface area contributed by atoms with Crippen LogP contribution >= 0.6 is 0 Å². The molecule has 0 fully saturated rings. The molecule has 4 aromatic rings. The number of aryl methyl sites for hydroxylation is 1. The average Bonchev–Trinajstić information content (AvgIpc) is 2.79. The molecule has 8 nitrogen and oxygen atoms in total. The monoisotopic (exact) mass is 447 g/mol. The predicted molar refractivity (Wildman–Crippen MR) is 125 cm³/mol. The maximum Gasteiger partial charge on any atom is 0.252 e. The molecule has 0 spiro atoms. The molecule has 0 aliphatic rings. The minimum atomic E-state index is -1.61. The van der Waals surface area contributed by atoms with Gasteiger partial charge in [0.25, 0.3) is 5.91 Å². The second-order valence-corrected chi connectivity index (χ2v) is 8.16. The van der Waals surface area contributed by atoms with Crippen LogP contribution in [0, 0.1) is 6.92 Å². The van der Waals surface area contributed by atoms with Crippen molar-refractivity contribution in [2.45, 2.75) is 11.8 Å². The number of nitrogens with two attached hydrogens (primary N) is 2. The minimum Gasteiger partial charge on any atom is -0.593 e. The molecule has 4 rings (SSSR count). The maximum absolute atomic E-state index is 11.9. The van der Waals surface area contributed by atoms with Crippen LogP contribution in [-0.2, 0) is 11.4 Å². The van der Waals surface area contributed by atoms with Crippen molar-refractivity contribution in [1.29, 1.82) is 0 Å². The standard InChI is InChI=1S/C23H21N5O3S/c1-13-7-8-14(11-20(13)32(25)30)21-16-5-3-4-6-17(16)23(28-27-21)26-15-9-10-19(31-2)18(12-15)22(24)29/h3-12H,25H2,1-2H3,(H2,24,29)(H,26,28). The second kappa shape index (κ2) is 8.83. The van der Waals surface area contributed by atoms with Gasteiger partial charge in [0.2, 0.25) is 0 Å². The minimum absolute atomic E-state index is 0.258. The van der Waals surface area contributed by atoms with Crippen molar-refractivity contribution in [2.24, 2.45) is 10.9 Å². The van der Waals surface area contributed by atoms with Crippen molar-refractivity contribution < 1.29 is 14.1 Å². The van der Waals surface area contributed by atoms with Crippen molar-refractivity contribution in [3.8, 4) is 17.0 Å². The molecule has 162 valence electrons. The first kappa shape index (κ1) is 21.6. The summed E-state index contributed by atoms with van der Waals surface area (Å²) in [7, 11) is 1.48. The van der Waals surface area contributed by atoms with Gasteiger partial charge >= 0.3 is 0 Å². The first-order valence-electron chi connectivity index (χ1n) is 9.66. The largest absolute Gasteiger partial charge is 0.593 e.